The van der Waals surface area contributed by atoms with Crippen LogP contribution in [0.1, 0.15) is 51.2 Å². The molecule has 0 heterocycles. The van der Waals surface area contributed by atoms with E-state index < -0.39 is 0 Å². The summed E-state index contributed by atoms with van der Waals surface area (Å²) in [5, 5.41) is 0. The molecule has 0 aliphatic heterocycles. The van der Waals surface area contributed by atoms with Crippen LogP contribution in [0.3, 0.4) is 0 Å². The molecule has 1 saturated carbocycles. The topological polar surface area (TPSA) is 35.2 Å². The minimum absolute atomic E-state index is 0.0668. The van der Waals surface area contributed by atoms with Gasteiger partial charge in [0.2, 0.25) is 0 Å². The predicted molar refractivity (Wildman–Crippen MR) is 80.4 cm³/mol. The van der Waals surface area contributed by atoms with Gasteiger partial charge in [-0.3, -0.25) is 0 Å². The Bertz CT molecular complexity index is 406. The first-order chi connectivity index (χ1) is 8.87. The van der Waals surface area contributed by atoms with Crippen LogP contribution in [-0.4, -0.2) is 18.8 Å². The predicted octanol–water partition coefficient (Wildman–Crippen LogP) is 3.42. The van der Waals surface area contributed by atoms with Gasteiger partial charge < -0.3 is 10.5 Å². The van der Waals surface area contributed by atoms with Crippen molar-refractivity contribution in [1.29, 1.82) is 0 Å². The summed E-state index contributed by atoms with van der Waals surface area (Å²) in [6.07, 6.45) is 4.35. The van der Waals surface area contributed by atoms with Gasteiger partial charge in [-0.2, -0.15) is 0 Å². The minimum Gasteiger partial charge on any atom is -0.377 e. The lowest BCUT2D eigenvalue weighted by molar-refractivity contribution is -0.0897. The summed E-state index contributed by atoms with van der Waals surface area (Å²) in [4.78, 5) is 0. The van der Waals surface area contributed by atoms with E-state index in [1.807, 2.05) is 0 Å². The third kappa shape index (κ3) is 3.01. The molecule has 1 atom stereocenters. The molecule has 2 nitrogen and oxygen atoms in total. The van der Waals surface area contributed by atoms with Crippen LogP contribution in [0.4, 0.5) is 0 Å². The van der Waals surface area contributed by atoms with Gasteiger partial charge in [0.1, 0.15) is 0 Å². The Hall–Kier alpha value is -0.860. The molecule has 106 valence electrons. The van der Waals surface area contributed by atoms with Crippen molar-refractivity contribution in [3.8, 4) is 0 Å². The molecule has 0 saturated heterocycles. The van der Waals surface area contributed by atoms with Crippen molar-refractivity contribution in [2.24, 2.45) is 5.73 Å². The fourth-order valence-electron chi connectivity index (χ4n) is 2.83. The molecular weight excluding hydrogens is 234 g/mol. The molecule has 2 heteroatoms. The fourth-order valence-corrected chi connectivity index (χ4v) is 2.83. The first-order valence-corrected chi connectivity index (χ1v) is 7.27. The van der Waals surface area contributed by atoms with E-state index in [2.05, 4.69) is 45.0 Å². The van der Waals surface area contributed by atoms with Crippen molar-refractivity contribution >= 4 is 0 Å². The van der Waals surface area contributed by atoms with Crippen LogP contribution < -0.4 is 5.73 Å². The number of hydrogen-bond donors (Lipinski definition) is 1. The molecule has 0 amide bonds. The molecule has 2 rings (SSSR count). The maximum atomic E-state index is 6.36. The van der Waals surface area contributed by atoms with Gasteiger partial charge >= 0.3 is 0 Å². The van der Waals surface area contributed by atoms with Gasteiger partial charge in [0.15, 0.2) is 0 Å². The summed E-state index contributed by atoms with van der Waals surface area (Å²) in [5.74, 6) is 0. The lowest BCUT2D eigenvalue weighted by Gasteiger charge is -2.45. The Kier molecular flexibility index (Phi) is 4.03. The van der Waals surface area contributed by atoms with E-state index in [-0.39, 0.29) is 17.1 Å². The van der Waals surface area contributed by atoms with E-state index >= 15 is 0 Å². The molecule has 0 aromatic heterocycles. The molecule has 19 heavy (non-hydrogen) atoms. The zero-order valence-corrected chi connectivity index (χ0v) is 12.7. The van der Waals surface area contributed by atoms with Crippen molar-refractivity contribution in [3.05, 3.63) is 35.4 Å². The molecule has 0 radical (unpaired) electrons. The zero-order valence-electron chi connectivity index (χ0n) is 12.7. The number of rotatable bonds is 4. The average molecular weight is 261 g/mol. The Morgan fingerprint density at radius 2 is 1.79 bits per heavy atom. The molecule has 2 N–H and O–H groups in total. The molecule has 1 unspecified atom stereocenters. The Labute approximate surface area is 117 Å². The van der Waals surface area contributed by atoms with Crippen LogP contribution >= 0.6 is 0 Å². The van der Waals surface area contributed by atoms with Crippen molar-refractivity contribution in [3.63, 3.8) is 0 Å². The highest BCUT2D eigenvalue weighted by molar-refractivity contribution is 5.28. The second-order valence-electron chi connectivity index (χ2n) is 6.88. The summed E-state index contributed by atoms with van der Waals surface area (Å²) in [6.45, 7) is 6.71. The zero-order chi connectivity index (χ0) is 14.1. The maximum absolute atomic E-state index is 6.36. The van der Waals surface area contributed by atoms with Crippen LogP contribution in [0, 0.1) is 0 Å². The first-order valence-electron chi connectivity index (χ1n) is 7.27. The van der Waals surface area contributed by atoms with Gasteiger partial charge in [0.05, 0.1) is 5.60 Å². The highest BCUT2D eigenvalue weighted by Gasteiger charge is 2.42. The van der Waals surface area contributed by atoms with Gasteiger partial charge in [0, 0.05) is 13.2 Å². The molecule has 1 fully saturated rings. The number of hydrogen-bond acceptors (Lipinski definition) is 2. The van der Waals surface area contributed by atoms with Crippen molar-refractivity contribution in [2.45, 2.75) is 63.5 Å². The highest BCUT2D eigenvalue weighted by atomic mass is 16.5. The monoisotopic (exact) mass is 261 g/mol. The molecule has 1 aromatic rings. The molecule has 1 aromatic carbocycles. The van der Waals surface area contributed by atoms with Crippen LogP contribution in [0.25, 0.3) is 0 Å². The maximum Gasteiger partial charge on any atom is 0.0832 e. The third-order valence-corrected chi connectivity index (χ3v) is 4.56. The average Bonchev–Trinajstić information content (AvgIpc) is 2.27. The summed E-state index contributed by atoms with van der Waals surface area (Å²) in [5.41, 5.74) is 9.18. The molecule has 1 aliphatic carbocycles. The summed E-state index contributed by atoms with van der Waals surface area (Å²) in [7, 11) is 1.79. The lowest BCUT2D eigenvalue weighted by atomic mass is 9.73. The van der Waals surface area contributed by atoms with E-state index in [9.17, 15) is 0 Å². The van der Waals surface area contributed by atoms with Crippen LogP contribution in [0.15, 0.2) is 24.3 Å². The SMILES string of the molecule is COC1(C(N)Cc2ccc(C(C)(C)C)cc2)CCC1. The Morgan fingerprint density at radius 3 is 2.16 bits per heavy atom. The number of benzene rings is 1. The Balaban J connectivity index is 2.03. The standard InChI is InChI=1S/C17H27NO/c1-16(2,3)14-8-6-13(7-9-14)12-15(18)17(19-4)10-5-11-17/h6-9,15H,5,10-12,18H2,1-4H3. The van der Waals surface area contributed by atoms with Crippen molar-refractivity contribution < 1.29 is 4.74 Å². The van der Waals surface area contributed by atoms with E-state index in [1.165, 1.54) is 17.5 Å². The fraction of sp³-hybridized carbons (Fsp3) is 0.647. The van der Waals surface area contributed by atoms with E-state index in [0.717, 1.165) is 19.3 Å². The van der Waals surface area contributed by atoms with E-state index in [0.29, 0.717) is 0 Å². The van der Waals surface area contributed by atoms with Gasteiger partial charge in [-0.05, 0) is 42.2 Å². The highest BCUT2D eigenvalue weighted by Crippen LogP contribution is 2.38. The molecule has 1 aliphatic rings. The van der Waals surface area contributed by atoms with Crippen LogP contribution in [0.5, 0.6) is 0 Å². The molecular formula is C17H27NO. The molecule has 0 spiro atoms. The first kappa shape index (κ1) is 14.5. The van der Waals surface area contributed by atoms with E-state index in [1.54, 1.807) is 7.11 Å². The quantitative estimate of drug-likeness (QED) is 0.901. The van der Waals surface area contributed by atoms with Gasteiger partial charge in [-0.1, -0.05) is 45.0 Å². The normalized spacial score (nSPS) is 19.8. The smallest absolute Gasteiger partial charge is 0.0832 e. The third-order valence-electron chi connectivity index (χ3n) is 4.56. The second kappa shape index (κ2) is 5.26. The lowest BCUT2D eigenvalue weighted by Crippen LogP contribution is -2.55. The largest absolute Gasteiger partial charge is 0.377 e. The van der Waals surface area contributed by atoms with Gasteiger partial charge in [0.25, 0.3) is 0 Å². The number of ether oxygens (including phenoxy) is 1. The summed E-state index contributed by atoms with van der Waals surface area (Å²) < 4.78 is 5.66. The van der Waals surface area contributed by atoms with Crippen LogP contribution in [-0.2, 0) is 16.6 Å². The van der Waals surface area contributed by atoms with Gasteiger partial charge in [-0.25, -0.2) is 0 Å². The van der Waals surface area contributed by atoms with E-state index in [4.69, 9.17) is 10.5 Å². The molecule has 0 bridgehead atoms. The minimum atomic E-state index is -0.0668. The summed E-state index contributed by atoms with van der Waals surface area (Å²) in [6, 6.07) is 8.97. The number of methoxy groups -OCH3 is 1. The Morgan fingerprint density at radius 1 is 1.21 bits per heavy atom. The van der Waals surface area contributed by atoms with Gasteiger partial charge in [-0.15, -0.1) is 0 Å². The van der Waals surface area contributed by atoms with Crippen molar-refractivity contribution in [1.82, 2.24) is 0 Å². The van der Waals surface area contributed by atoms with Crippen molar-refractivity contribution in [2.75, 3.05) is 7.11 Å². The summed E-state index contributed by atoms with van der Waals surface area (Å²) >= 11 is 0. The second-order valence-corrected chi connectivity index (χ2v) is 6.88. The number of nitrogens with two attached hydrogens (primary N) is 1. The van der Waals surface area contributed by atoms with Crippen LogP contribution in [0.2, 0.25) is 0 Å².